The van der Waals surface area contributed by atoms with Crippen molar-refractivity contribution in [2.45, 2.75) is 87.1 Å². The Labute approximate surface area is 274 Å². The summed E-state index contributed by atoms with van der Waals surface area (Å²) in [7, 11) is 0. The molecule has 0 aliphatic rings. The molecule has 254 valence electrons. The van der Waals surface area contributed by atoms with Gasteiger partial charge in [-0.1, -0.05) is 0 Å². The third kappa shape index (κ3) is 9.91. The van der Waals surface area contributed by atoms with Crippen LogP contribution in [0.25, 0.3) is 0 Å². The maximum Gasteiger partial charge on any atom is 0.126 e. The van der Waals surface area contributed by atoms with Crippen molar-refractivity contribution in [2.24, 2.45) is 0 Å². The van der Waals surface area contributed by atoms with Gasteiger partial charge in [-0.2, -0.15) is 0 Å². The number of hydrogen-bond acceptors (Lipinski definition) is 9. The highest BCUT2D eigenvalue weighted by molar-refractivity contribution is 5.56. The molecule has 9 nitrogen and oxygen atoms in total. The summed E-state index contributed by atoms with van der Waals surface area (Å²) >= 11 is 0. The Kier molecular flexibility index (Phi) is 15.8. The van der Waals surface area contributed by atoms with Gasteiger partial charge in [-0.25, -0.2) is 0 Å². The van der Waals surface area contributed by atoms with Crippen LogP contribution < -0.4 is 0 Å². The van der Waals surface area contributed by atoms with E-state index in [1.807, 2.05) is 77.9 Å². The lowest BCUT2D eigenvalue weighted by molar-refractivity contribution is 0.126. The highest BCUT2D eigenvalue weighted by atomic mass is 16.5. The Balaban J connectivity index is 2.40. The van der Waals surface area contributed by atoms with Crippen LogP contribution in [0.3, 0.4) is 0 Å². The first-order chi connectivity index (χ1) is 22.3. The van der Waals surface area contributed by atoms with E-state index in [4.69, 9.17) is 28.4 Å². The molecule has 9 heteroatoms. The van der Waals surface area contributed by atoms with E-state index in [2.05, 4.69) is 0 Å². The predicted octanol–water partition coefficient (Wildman–Crippen LogP) is 7.20. The number of phenolic OH excluding ortho intramolecular Hbond substituents is 3. The Morgan fingerprint density at radius 1 is 0.370 bits per heavy atom. The van der Waals surface area contributed by atoms with Gasteiger partial charge in [-0.3, -0.25) is 0 Å². The summed E-state index contributed by atoms with van der Waals surface area (Å²) in [5, 5.41) is 33.7. The van der Waals surface area contributed by atoms with Gasteiger partial charge in [0.05, 0.1) is 39.6 Å². The molecule has 0 unspecified atom stereocenters. The van der Waals surface area contributed by atoms with E-state index in [0.717, 1.165) is 16.7 Å². The zero-order chi connectivity index (χ0) is 33.5. The molecule has 3 aromatic carbocycles. The molecular formula is C37H52O9. The van der Waals surface area contributed by atoms with Crippen LogP contribution in [0.15, 0.2) is 36.4 Å². The molecule has 3 N–H and O–H groups in total. The lowest BCUT2D eigenvalue weighted by Crippen LogP contribution is -2.11. The molecule has 0 aliphatic heterocycles. The van der Waals surface area contributed by atoms with Gasteiger partial charge in [0.2, 0.25) is 0 Å². The number of hydrogen-bond donors (Lipinski definition) is 3. The first kappa shape index (κ1) is 37.3. The van der Waals surface area contributed by atoms with Gasteiger partial charge in [0.25, 0.3) is 0 Å². The fourth-order valence-corrected chi connectivity index (χ4v) is 5.37. The summed E-state index contributed by atoms with van der Waals surface area (Å²) < 4.78 is 34.5. The average Bonchev–Trinajstić information content (AvgIpc) is 3.06. The maximum atomic E-state index is 11.2. The smallest absolute Gasteiger partial charge is 0.126 e. The third-order valence-corrected chi connectivity index (χ3v) is 7.64. The Hall–Kier alpha value is -3.18. The van der Waals surface area contributed by atoms with E-state index in [-0.39, 0.29) is 56.9 Å². The van der Waals surface area contributed by atoms with Crippen LogP contribution in [0.1, 0.15) is 97.5 Å². The fraction of sp³-hybridized carbons (Fsp3) is 0.514. The predicted molar refractivity (Wildman–Crippen MR) is 177 cm³/mol. The summed E-state index contributed by atoms with van der Waals surface area (Å²) in [6.45, 7) is 15.8. The first-order valence-corrected chi connectivity index (χ1v) is 16.3. The van der Waals surface area contributed by atoms with Crippen LogP contribution in [-0.4, -0.2) is 55.0 Å². The standard InChI is InChI=1S/C37H52O9/c1-7-41-19-28-13-25(14-29(35(28)38)20-42-8-2)34(26-15-30(21-43-9-3)36(39)31(16-26)22-44-10-4)27-17-32(23-45-11-5)37(40)33(18-27)24-46-12-6/h13-18,34,38-40H,7-12,19-24H2,1-6H3. The molecule has 0 fully saturated rings. The monoisotopic (exact) mass is 640 g/mol. The van der Waals surface area contributed by atoms with Gasteiger partial charge in [-0.05, 0) is 94.6 Å². The van der Waals surface area contributed by atoms with E-state index in [9.17, 15) is 15.3 Å². The largest absolute Gasteiger partial charge is 0.507 e. The molecule has 0 amide bonds. The number of phenols is 3. The third-order valence-electron chi connectivity index (χ3n) is 7.64. The number of aromatic hydroxyl groups is 3. The van der Waals surface area contributed by atoms with E-state index < -0.39 is 5.92 Å². The minimum absolute atomic E-state index is 0.143. The van der Waals surface area contributed by atoms with E-state index >= 15 is 0 Å². The molecule has 0 atom stereocenters. The van der Waals surface area contributed by atoms with E-state index in [1.165, 1.54) is 0 Å². The Morgan fingerprint density at radius 2 is 0.543 bits per heavy atom. The van der Waals surface area contributed by atoms with Crippen molar-refractivity contribution in [1.29, 1.82) is 0 Å². The minimum atomic E-state index is -0.399. The number of ether oxygens (including phenoxy) is 6. The molecule has 3 rings (SSSR count). The van der Waals surface area contributed by atoms with Crippen molar-refractivity contribution in [1.82, 2.24) is 0 Å². The van der Waals surface area contributed by atoms with E-state index in [1.54, 1.807) is 0 Å². The van der Waals surface area contributed by atoms with Crippen LogP contribution in [0.4, 0.5) is 0 Å². The van der Waals surface area contributed by atoms with E-state index in [0.29, 0.717) is 73.0 Å². The van der Waals surface area contributed by atoms with Crippen molar-refractivity contribution in [3.63, 3.8) is 0 Å². The minimum Gasteiger partial charge on any atom is -0.507 e. The second kappa shape index (κ2) is 19.5. The lowest BCUT2D eigenvalue weighted by Gasteiger charge is -2.25. The van der Waals surface area contributed by atoms with Crippen molar-refractivity contribution in [2.75, 3.05) is 39.6 Å². The number of rotatable bonds is 21. The summed E-state index contributed by atoms with van der Waals surface area (Å²) in [6, 6.07) is 11.7. The molecule has 0 radical (unpaired) electrons. The molecule has 0 bridgehead atoms. The van der Waals surface area contributed by atoms with Gasteiger partial charge < -0.3 is 43.7 Å². The second-order valence-electron chi connectivity index (χ2n) is 10.8. The van der Waals surface area contributed by atoms with Crippen molar-refractivity contribution in [3.8, 4) is 17.2 Å². The quantitative estimate of drug-likeness (QED) is 0.104. The van der Waals surface area contributed by atoms with Gasteiger partial charge in [0.15, 0.2) is 0 Å². The number of benzene rings is 3. The fourth-order valence-electron chi connectivity index (χ4n) is 5.37. The van der Waals surface area contributed by atoms with Gasteiger partial charge in [0, 0.05) is 78.9 Å². The SMILES string of the molecule is CCOCc1cc(C(c2cc(COCC)c(O)c(COCC)c2)c2cc(COCC)c(O)c(COCC)c2)cc(COCC)c1O. The lowest BCUT2D eigenvalue weighted by atomic mass is 9.81. The average molecular weight is 641 g/mol. The second-order valence-corrected chi connectivity index (χ2v) is 10.8. The summed E-state index contributed by atoms with van der Waals surface area (Å²) in [4.78, 5) is 0. The maximum absolute atomic E-state index is 11.2. The zero-order valence-corrected chi connectivity index (χ0v) is 28.3. The normalized spacial score (nSPS) is 11.5. The summed E-state index contributed by atoms with van der Waals surface area (Å²) in [6.07, 6.45) is 0. The molecular weight excluding hydrogens is 588 g/mol. The van der Waals surface area contributed by atoms with Crippen LogP contribution in [0.5, 0.6) is 17.2 Å². The Bertz CT molecular complexity index is 1120. The highest BCUT2D eigenvalue weighted by Gasteiger charge is 2.25. The van der Waals surface area contributed by atoms with Gasteiger partial charge in [0.1, 0.15) is 17.2 Å². The molecule has 0 saturated carbocycles. The molecule has 0 saturated heterocycles. The van der Waals surface area contributed by atoms with Crippen molar-refractivity contribution < 1.29 is 43.7 Å². The summed E-state index contributed by atoms with van der Waals surface area (Å²) in [5.74, 6) is 0.0286. The van der Waals surface area contributed by atoms with Crippen LogP contribution >= 0.6 is 0 Å². The molecule has 0 aromatic heterocycles. The molecule has 0 heterocycles. The van der Waals surface area contributed by atoms with Crippen molar-refractivity contribution in [3.05, 3.63) is 86.5 Å². The summed E-state index contributed by atoms with van der Waals surface area (Å²) in [5.41, 5.74) is 6.51. The topological polar surface area (TPSA) is 116 Å². The highest BCUT2D eigenvalue weighted by Crippen LogP contribution is 2.41. The molecule has 46 heavy (non-hydrogen) atoms. The molecule has 3 aromatic rings. The van der Waals surface area contributed by atoms with Gasteiger partial charge in [-0.15, -0.1) is 0 Å². The zero-order valence-electron chi connectivity index (χ0n) is 28.3. The van der Waals surface area contributed by atoms with Gasteiger partial charge >= 0.3 is 0 Å². The van der Waals surface area contributed by atoms with Crippen LogP contribution in [-0.2, 0) is 68.1 Å². The van der Waals surface area contributed by atoms with Crippen molar-refractivity contribution >= 4 is 0 Å². The first-order valence-electron chi connectivity index (χ1n) is 16.3. The Morgan fingerprint density at radius 3 is 0.696 bits per heavy atom. The van der Waals surface area contributed by atoms with Crippen LogP contribution in [0.2, 0.25) is 0 Å². The molecule has 0 spiro atoms. The van der Waals surface area contributed by atoms with Crippen LogP contribution in [0, 0.1) is 0 Å². The molecule has 0 aliphatic carbocycles.